The predicted molar refractivity (Wildman–Crippen MR) is 71.2 cm³/mol. The highest BCUT2D eigenvalue weighted by Gasteiger charge is 2.22. The molecule has 0 aliphatic carbocycles. The Bertz CT molecular complexity index is 508. The molecule has 0 unspecified atom stereocenters. The number of rotatable bonds is 3. The number of amides is 2. The van der Waals surface area contributed by atoms with Gasteiger partial charge in [0, 0.05) is 24.7 Å². The summed E-state index contributed by atoms with van der Waals surface area (Å²) in [6.45, 7) is 0.981. The molecule has 5 nitrogen and oxygen atoms in total. The molecule has 2 rings (SSSR count). The monoisotopic (exact) mass is 260 g/mol. The van der Waals surface area contributed by atoms with Crippen LogP contribution in [0.1, 0.15) is 22.3 Å². The number of hydrogen-bond donors (Lipinski definition) is 2. The molecule has 3 N–H and O–H groups in total. The normalized spacial score (nSPS) is 19.0. The van der Waals surface area contributed by atoms with Gasteiger partial charge >= 0.3 is 0 Å². The van der Waals surface area contributed by atoms with Crippen molar-refractivity contribution in [2.24, 2.45) is 5.73 Å². The number of aliphatic hydroxyl groups excluding tert-OH is 1. The topological polar surface area (TPSA) is 83.6 Å². The van der Waals surface area contributed by atoms with Crippen LogP contribution in [0.4, 0.5) is 0 Å². The first-order valence-corrected chi connectivity index (χ1v) is 6.11. The molecule has 1 aliphatic heterocycles. The Hall–Kier alpha value is -2.14. The molecule has 1 saturated heterocycles. The van der Waals surface area contributed by atoms with E-state index in [-0.39, 0.29) is 5.91 Å². The van der Waals surface area contributed by atoms with E-state index in [0.29, 0.717) is 25.1 Å². The Labute approximate surface area is 111 Å². The van der Waals surface area contributed by atoms with Crippen LogP contribution in [-0.4, -0.2) is 41.0 Å². The molecule has 1 aromatic carbocycles. The zero-order valence-electron chi connectivity index (χ0n) is 10.5. The molecule has 1 aromatic rings. The Morgan fingerprint density at radius 3 is 2.53 bits per heavy atom. The number of carbonyl (C=O) groups excluding carboxylic acids is 2. The first-order valence-electron chi connectivity index (χ1n) is 6.11. The molecule has 0 spiro atoms. The van der Waals surface area contributed by atoms with Crippen molar-refractivity contribution >= 4 is 17.9 Å². The largest absolute Gasteiger partial charge is 0.391 e. The molecule has 1 aliphatic rings. The fourth-order valence-electron chi connectivity index (χ4n) is 1.97. The summed E-state index contributed by atoms with van der Waals surface area (Å²) in [5.74, 6) is -0.590. The summed E-state index contributed by atoms with van der Waals surface area (Å²) in [6, 6.07) is 6.68. The molecule has 1 fully saturated rings. The molecule has 100 valence electrons. The number of carbonyl (C=O) groups is 2. The Balaban J connectivity index is 1.98. The molecule has 0 bridgehead atoms. The van der Waals surface area contributed by atoms with Gasteiger partial charge in [0.2, 0.25) is 11.8 Å². The molecule has 1 heterocycles. The molecule has 19 heavy (non-hydrogen) atoms. The quantitative estimate of drug-likeness (QED) is 0.771. The third kappa shape index (κ3) is 3.42. The fourth-order valence-corrected chi connectivity index (χ4v) is 1.97. The summed E-state index contributed by atoms with van der Waals surface area (Å²) in [5.41, 5.74) is 6.39. The summed E-state index contributed by atoms with van der Waals surface area (Å²) in [7, 11) is 0. The molecule has 1 atom stereocenters. The Morgan fingerprint density at radius 2 is 2.00 bits per heavy atom. The average molecular weight is 260 g/mol. The summed E-state index contributed by atoms with van der Waals surface area (Å²) in [6.07, 6.45) is 3.37. The lowest BCUT2D eigenvalue weighted by Gasteiger charge is -2.12. The van der Waals surface area contributed by atoms with Gasteiger partial charge in [-0.25, -0.2) is 0 Å². The lowest BCUT2D eigenvalue weighted by Crippen LogP contribution is -2.27. The van der Waals surface area contributed by atoms with Crippen LogP contribution >= 0.6 is 0 Å². The number of hydrogen-bond acceptors (Lipinski definition) is 3. The van der Waals surface area contributed by atoms with Crippen LogP contribution in [0.15, 0.2) is 30.3 Å². The van der Waals surface area contributed by atoms with Crippen molar-refractivity contribution in [3.8, 4) is 0 Å². The number of nitrogens with two attached hydrogens (primary N) is 1. The highest BCUT2D eigenvalue weighted by molar-refractivity contribution is 5.94. The van der Waals surface area contributed by atoms with Gasteiger partial charge in [-0.2, -0.15) is 0 Å². The van der Waals surface area contributed by atoms with E-state index >= 15 is 0 Å². The van der Waals surface area contributed by atoms with Gasteiger partial charge in [-0.3, -0.25) is 9.59 Å². The van der Waals surface area contributed by atoms with Crippen molar-refractivity contribution < 1.29 is 14.7 Å². The second-order valence-corrected chi connectivity index (χ2v) is 4.55. The van der Waals surface area contributed by atoms with Crippen molar-refractivity contribution in [3.05, 3.63) is 41.5 Å². The van der Waals surface area contributed by atoms with E-state index in [1.807, 2.05) is 0 Å². The second kappa shape index (κ2) is 5.67. The van der Waals surface area contributed by atoms with Gasteiger partial charge in [-0.1, -0.05) is 12.1 Å². The molecule has 2 amide bonds. The number of nitrogens with zero attached hydrogens (tertiary/aromatic N) is 1. The number of primary amides is 1. The maximum atomic E-state index is 11.8. The van der Waals surface area contributed by atoms with E-state index in [2.05, 4.69) is 0 Å². The molecular formula is C14H16N2O3. The highest BCUT2D eigenvalue weighted by Crippen LogP contribution is 2.10. The number of aliphatic hydroxyl groups is 1. The van der Waals surface area contributed by atoms with Gasteiger partial charge in [-0.05, 0) is 30.2 Å². The van der Waals surface area contributed by atoms with Crippen LogP contribution in [-0.2, 0) is 4.79 Å². The number of benzene rings is 1. The molecular weight excluding hydrogens is 244 g/mol. The summed E-state index contributed by atoms with van der Waals surface area (Å²) < 4.78 is 0. The van der Waals surface area contributed by atoms with E-state index in [4.69, 9.17) is 5.73 Å². The van der Waals surface area contributed by atoms with Crippen LogP contribution in [0, 0.1) is 0 Å². The van der Waals surface area contributed by atoms with Crippen molar-refractivity contribution in [2.75, 3.05) is 13.1 Å². The van der Waals surface area contributed by atoms with E-state index in [1.165, 1.54) is 6.08 Å². The van der Waals surface area contributed by atoms with Gasteiger partial charge in [0.25, 0.3) is 0 Å². The zero-order chi connectivity index (χ0) is 13.8. The lowest BCUT2D eigenvalue weighted by atomic mass is 10.1. The van der Waals surface area contributed by atoms with Crippen molar-refractivity contribution in [3.63, 3.8) is 0 Å². The minimum Gasteiger partial charge on any atom is -0.391 e. The van der Waals surface area contributed by atoms with Crippen LogP contribution in [0.5, 0.6) is 0 Å². The standard InChI is InChI=1S/C14H16N2O3/c15-14(19)11-4-1-10(2-5-11)3-6-13(18)16-8-7-12(17)9-16/h1-6,12,17H,7-9H2,(H2,15,19)/t12-/m0/s1. The van der Waals surface area contributed by atoms with E-state index < -0.39 is 12.0 Å². The van der Waals surface area contributed by atoms with Crippen LogP contribution in [0.3, 0.4) is 0 Å². The van der Waals surface area contributed by atoms with E-state index in [0.717, 1.165) is 5.56 Å². The molecule has 0 saturated carbocycles. The van der Waals surface area contributed by atoms with Crippen molar-refractivity contribution in [1.82, 2.24) is 4.90 Å². The SMILES string of the molecule is NC(=O)c1ccc(C=CC(=O)N2CC[C@H](O)C2)cc1. The Kier molecular flexibility index (Phi) is 3.97. The van der Waals surface area contributed by atoms with Gasteiger partial charge in [0.1, 0.15) is 0 Å². The first-order chi connectivity index (χ1) is 9.06. The second-order valence-electron chi connectivity index (χ2n) is 4.55. The van der Waals surface area contributed by atoms with Gasteiger partial charge in [0.15, 0.2) is 0 Å². The maximum absolute atomic E-state index is 11.8. The van der Waals surface area contributed by atoms with Gasteiger partial charge in [-0.15, -0.1) is 0 Å². The van der Waals surface area contributed by atoms with Gasteiger partial charge in [0.05, 0.1) is 6.10 Å². The minimum atomic E-state index is -0.474. The van der Waals surface area contributed by atoms with Crippen molar-refractivity contribution in [2.45, 2.75) is 12.5 Å². The van der Waals surface area contributed by atoms with Crippen LogP contribution in [0.25, 0.3) is 6.08 Å². The summed E-state index contributed by atoms with van der Waals surface area (Å²) in [5, 5.41) is 9.35. The molecule has 0 radical (unpaired) electrons. The lowest BCUT2D eigenvalue weighted by molar-refractivity contribution is -0.125. The predicted octanol–water partition coefficient (Wildman–Crippen LogP) is 0.392. The maximum Gasteiger partial charge on any atom is 0.248 e. The third-order valence-electron chi connectivity index (χ3n) is 3.09. The minimum absolute atomic E-state index is 0.115. The average Bonchev–Trinajstić information content (AvgIpc) is 2.83. The fraction of sp³-hybridized carbons (Fsp3) is 0.286. The first kappa shape index (κ1) is 13.3. The smallest absolute Gasteiger partial charge is 0.248 e. The molecule has 5 heteroatoms. The van der Waals surface area contributed by atoms with E-state index in [9.17, 15) is 14.7 Å². The summed E-state index contributed by atoms with van der Waals surface area (Å²) >= 11 is 0. The number of likely N-dealkylation sites (tertiary alicyclic amines) is 1. The Morgan fingerprint density at radius 1 is 1.32 bits per heavy atom. The third-order valence-corrected chi connectivity index (χ3v) is 3.09. The molecule has 0 aromatic heterocycles. The number of β-amino-alcohol motifs (C(OH)–C–C–N with tert-alkyl or cyclic N) is 1. The zero-order valence-corrected chi connectivity index (χ0v) is 10.5. The van der Waals surface area contributed by atoms with Crippen LogP contribution in [0.2, 0.25) is 0 Å². The van der Waals surface area contributed by atoms with Gasteiger partial charge < -0.3 is 15.7 Å². The summed E-state index contributed by atoms with van der Waals surface area (Å²) in [4.78, 5) is 24.3. The van der Waals surface area contributed by atoms with Crippen LogP contribution < -0.4 is 5.73 Å². The van der Waals surface area contributed by atoms with Crippen molar-refractivity contribution in [1.29, 1.82) is 0 Å². The van der Waals surface area contributed by atoms with E-state index in [1.54, 1.807) is 35.2 Å². The highest BCUT2D eigenvalue weighted by atomic mass is 16.3.